The second-order valence-corrected chi connectivity index (χ2v) is 6.32. The van der Waals surface area contributed by atoms with E-state index < -0.39 is 0 Å². The highest BCUT2D eigenvalue weighted by atomic mass is 35.5. The van der Waals surface area contributed by atoms with Gasteiger partial charge >= 0.3 is 0 Å². The van der Waals surface area contributed by atoms with Gasteiger partial charge in [0.15, 0.2) is 0 Å². The number of nitrogens with zero attached hydrogens (tertiary/aromatic N) is 1. The van der Waals surface area contributed by atoms with Crippen LogP contribution in [0.1, 0.15) is 18.1 Å². The number of carbonyl (C=O) groups is 1. The van der Waals surface area contributed by atoms with Crippen LogP contribution in [0, 0.1) is 0 Å². The van der Waals surface area contributed by atoms with E-state index >= 15 is 0 Å². The van der Waals surface area contributed by atoms with Crippen LogP contribution >= 0.6 is 23.4 Å². The molecule has 0 bridgehead atoms. The Balaban J connectivity index is 1.77. The van der Waals surface area contributed by atoms with Crippen LogP contribution in [-0.2, 0) is 10.5 Å². The highest BCUT2D eigenvalue weighted by Gasteiger charge is 2.03. The average molecular weight is 349 g/mol. The molecule has 2 N–H and O–H groups in total. The summed E-state index contributed by atoms with van der Waals surface area (Å²) in [5.41, 5.74) is 5.18. The van der Waals surface area contributed by atoms with E-state index in [9.17, 15) is 9.90 Å². The first-order valence-corrected chi connectivity index (χ1v) is 8.52. The number of carbonyl (C=O) groups excluding carboxylic acids is 1. The first-order valence-electron chi connectivity index (χ1n) is 6.99. The SMILES string of the molecule is C/C(=N/NC(=O)CSCc1ccc(Cl)cc1)c1ccc(O)cc1. The summed E-state index contributed by atoms with van der Waals surface area (Å²) in [6.45, 7) is 1.80. The molecular formula is C17H17ClN2O2S. The molecule has 0 aliphatic rings. The van der Waals surface area contributed by atoms with Crippen LogP contribution in [0.15, 0.2) is 53.6 Å². The second kappa shape index (κ2) is 8.60. The van der Waals surface area contributed by atoms with Crippen molar-refractivity contribution in [1.29, 1.82) is 0 Å². The minimum Gasteiger partial charge on any atom is -0.508 e. The van der Waals surface area contributed by atoms with Gasteiger partial charge in [0.1, 0.15) is 5.75 Å². The van der Waals surface area contributed by atoms with E-state index in [1.165, 1.54) is 11.8 Å². The van der Waals surface area contributed by atoms with Gasteiger partial charge in [0.25, 0.3) is 0 Å². The lowest BCUT2D eigenvalue weighted by atomic mass is 10.1. The summed E-state index contributed by atoms with van der Waals surface area (Å²) < 4.78 is 0. The van der Waals surface area contributed by atoms with Crippen molar-refractivity contribution in [3.05, 3.63) is 64.7 Å². The fraction of sp³-hybridized carbons (Fsp3) is 0.176. The van der Waals surface area contributed by atoms with Gasteiger partial charge in [0, 0.05) is 10.8 Å². The fourth-order valence-corrected chi connectivity index (χ4v) is 2.69. The molecule has 0 heterocycles. The molecular weight excluding hydrogens is 332 g/mol. The molecule has 1 amide bonds. The number of hydrazone groups is 1. The summed E-state index contributed by atoms with van der Waals surface area (Å²) in [4.78, 5) is 11.8. The Morgan fingerprint density at radius 1 is 1.17 bits per heavy atom. The molecule has 2 rings (SSSR count). The number of benzene rings is 2. The molecule has 0 saturated carbocycles. The van der Waals surface area contributed by atoms with E-state index in [0.717, 1.165) is 16.9 Å². The highest BCUT2D eigenvalue weighted by Crippen LogP contribution is 2.15. The van der Waals surface area contributed by atoms with Crippen LogP contribution in [0.2, 0.25) is 5.02 Å². The lowest BCUT2D eigenvalue weighted by Gasteiger charge is -2.04. The summed E-state index contributed by atoms with van der Waals surface area (Å²) in [5, 5.41) is 14.0. The Bertz CT molecular complexity index is 685. The van der Waals surface area contributed by atoms with Crippen molar-refractivity contribution in [1.82, 2.24) is 5.43 Å². The molecule has 0 aromatic heterocycles. The van der Waals surface area contributed by atoms with Crippen LogP contribution in [0.4, 0.5) is 0 Å². The third kappa shape index (κ3) is 5.96. The van der Waals surface area contributed by atoms with Crippen LogP contribution in [-0.4, -0.2) is 22.5 Å². The van der Waals surface area contributed by atoms with E-state index in [1.54, 1.807) is 31.2 Å². The monoisotopic (exact) mass is 348 g/mol. The van der Waals surface area contributed by atoms with Crippen LogP contribution < -0.4 is 5.43 Å². The zero-order valence-corrected chi connectivity index (χ0v) is 14.2. The average Bonchev–Trinajstić information content (AvgIpc) is 2.55. The normalized spacial score (nSPS) is 11.3. The van der Waals surface area contributed by atoms with Crippen molar-refractivity contribution in [2.24, 2.45) is 5.10 Å². The van der Waals surface area contributed by atoms with Gasteiger partial charge in [-0.05, 0) is 54.4 Å². The van der Waals surface area contributed by atoms with Gasteiger partial charge in [-0.25, -0.2) is 5.43 Å². The first-order chi connectivity index (χ1) is 11.0. The Kier molecular flexibility index (Phi) is 6.50. The Labute approximate surface area is 144 Å². The van der Waals surface area contributed by atoms with E-state index in [2.05, 4.69) is 10.5 Å². The number of halogens is 1. The van der Waals surface area contributed by atoms with E-state index in [0.29, 0.717) is 16.5 Å². The molecule has 0 aliphatic heterocycles. The van der Waals surface area contributed by atoms with Crippen molar-refractivity contribution in [2.45, 2.75) is 12.7 Å². The quantitative estimate of drug-likeness (QED) is 0.616. The fourth-order valence-electron chi connectivity index (χ4n) is 1.79. The largest absolute Gasteiger partial charge is 0.508 e. The molecule has 2 aromatic carbocycles. The van der Waals surface area contributed by atoms with Crippen molar-refractivity contribution in [3.8, 4) is 5.75 Å². The maximum Gasteiger partial charge on any atom is 0.250 e. The van der Waals surface area contributed by atoms with Gasteiger partial charge < -0.3 is 5.11 Å². The standard InChI is InChI=1S/C17H17ClN2O2S/c1-12(14-4-8-16(21)9-5-14)19-20-17(22)11-23-10-13-2-6-15(18)7-3-13/h2-9,21H,10-11H2,1H3,(H,20,22)/b19-12-. The Morgan fingerprint density at radius 3 is 2.48 bits per heavy atom. The van der Waals surface area contributed by atoms with Crippen LogP contribution in [0.3, 0.4) is 0 Å². The van der Waals surface area contributed by atoms with Crippen molar-refractivity contribution in [3.63, 3.8) is 0 Å². The third-order valence-electron chi connectivity index (χ3n) is 3.05. The van der Waals surface area contributed by atoms with E-state index in [4.69, 9.17) is 11.6 Å². The Morgan fingerprint density at radius 2 is 1.83 bits per heavy atom. The van der Waals surface area contributed by atoms with Crippen molar-refractivity contribution < 1.29 is 9.90 Å². The summed E-state index contributed by atoms with van der Waals surface area (Å²) in [6.07, 6.45) is 0. The molecule has 0 radical (unpaired) electrons. The predicted molar refractivity (Wildman–Crippen MR) is 96.1 cm³/mol. The smallest absolute Gasteiger partial charge is 0.250 e. The van der Waals surface area contributed by atoms with Gasteiger partial charge in [-0.1, -0.05) is 23.7 Å². The number of hydrogen-bond donors (Lipinski definition) is 2. The van der Waals surface area contributed by atoms with E-state index in [-0.39, 0.29) is 11.7 Å². The number of hydrogen-bond acceptors (Lipinski definition) is 4. The van der Waals surface area contributed by atoms with Gasteiger partial charge in [0.05, 0.1) is 11.5 Å². The summed E-state index contributed by atoms with van der Waals surface area (Å²) in [5.74, 6) is 1.12. The molecule has 120 valence electrons. The first kappa shape index (κ1) is 17.4. The van der Waals surface area contributed by atoms with Crippen LogP contribution in [0.25, 0.3) is 0 Å². The minimum atomic E-state index is -0.151. The zero-order valence-electron chi connectivity index (χ0n) is 12.6. The lowest BCUT2D eigenvalue weighted by molar-refractivity contribution is -0.118. The number of aromatic hydroxyl groups is 1. The third-order valence-corrected chi connectivity index (χ3v) is 4.30. The molecule has 23 heavy (non-hydrogen) atoms. The number of amides is 1. The molecule has 0 spiro atoms. The van der Waals surface area contributed by atoms with Gasteiger partial charge in [-0.2, -0.15) is 5.10 Å². The molecule has 0 fully saturated rings. The van der Waals surface area contributed by atoms with Gasteiger partial charge in [0.2, 0.25) is 5.91 Å². The van der Waals surface area contributed by atoms with Crippen LogP contribution in [0.5, 0.6) is 5.75 Å². The number of phenolic OH excluding ortho intramolecular Hbond substituents is 1. The molecule has 2 aromatic rings. The predicted octanol–water partition coefficient (Wildman–Crippen LogP) is 3.82. The molecule has 0 aliphatic carbocycles. The molecule has 0 unspecified atom stereocenters. The summed E-state index contributed by atoms with van der Waals surface area (Å²) in [6, 6.07) is 14.2. The maximum absolute atomic E-state index is 11.8. The number of thioether (sulfide) groups is 1. The van der Waals surface area contributed by atoms with Crippen molar-refractivity contribution >= 4 is 35.0 Å². The molecule has 0 atom stereocenters. The molecule has 4 nitrogen and oxygen atoms in total. The minimum absolute atomic E-state index is 0.151. The molecule has 6 heteroatoms. The topological polar surface area (TPSA) is 61.7 Å². The number of phenols is 1. The Hall–Kier alpha value is -1.98. The maximum atomic E-state index is 11.8. The summed E-state index contributed by atoms with van der Waals surface area (Å²) in [7, 11) is 0. The zero-order chi connectivity index (χ0) is 16.7. The lowest BCUT2D eigenvalue weighted by Crippen LogP contribution is -2.21. The van der Waals surface area contributed by atoms with Gasteiger partial charge in [-0.3, -0.25) is 4.79 Å². The molecule has 0 saturated heterocycles. The van der Waals surface area contributed by atoms with Gasteiger partial charge in [-0.15, -0.1) is 11.8 Å². The second-order valence-electron chi connectivity index (χ2n) is 4.90. The highest BCUT2D eigenvalue weighted by molar-refractivity contribution is 7.99. The summed E-state index contributed by atoms with van der Waals surface area (Å²) >= 11 is 7.34. The number of nitrogens with one attached hydrogen (secondary N) is 1. The van der Waals surface area contributed by atoms with Crippen molar-refractivity contribution in [2.75, 3.05) is 5.75 Å². The number of rotatable bonds is 6. The van der Waals surface area contributed by atoms with E-state index in [1.807, 2.05) is 24.3 Å².